The minimum atomic E-state index is 0.320. The van der Waals surface area contributed by atoms with Crippen molar-refractivity contribution in [3.8, 4) is 0 Å². The lowest BCUT2D eigenvalue weighted by atomic mass is 9.94. The number of unbranched alkanes of at least 4 members (excludes halogenated alkanes) is 1. The van der Waals surface area contributed by atoms with E-state index in [0.717, 1.165) is 32.2 Å². The molecule has 1 saturated heterocycles. The Bertz CT molecular complexity index is 242. The first kappa shape index (κ1) is 15.9. The SMILES string of the molecule is CC(CN(C)CCCCC1CCOCC1)C(N)=S. The van der Waals surface area contributed by atoms with Crippen molar-refractivity contribution >= 4 is 17.2 Å². The Balaban J connectivity index is 2.01. The highest BCUT2D eigenvalue weighted by atomic mass is 32.1. The number of hydrogen-bond acceptors (Lipinski definition) is 3. The van der Waals surface area contributed by atoms with Gasteiger partial charge >= 0.3 is 0 Å². The second-order valence-electron chi connectivity index (χ2n) is 5.62. The van der Waals surface area contributed by atoms with Crippen molar-refractivity contribution < 1.29 is 4.74 Å². The molecule has 0 aliphatic carbocycles. The quantitative estimate of drug-likeness (QED) is 0.544. The summed E-state index contributed by atoms with van der Waals surface area (Å²) in [6, 6.07) is 0. The van der Waals surface area contributed by atoms with Gasteiger partial charge in [0, 0.05) is 25.7 Å². The molecule has 0 amide bonds. The lowest BCUT2D eigenvalue weighted by molar-refractivity contribution is 0.0629. The first-order valence-electron chi connectivity index (χ1n) is 7.15. The van der Waals surface area contributed by atoms with E-state index < -0.39 is 0 Å². The molecule has 106 valence electrons. The Morgan fingerprint density at radius 1 is 1.39 bits per heavy atom. The standard InChI is InChI=1S/C14H28N2OS/c1-12(14(15)18)11-16(2)8-4-3-5-13-6-9-17-10-7-13/h12-13H,3-11H2,1-2H3,(H2,15,18). The molecule has 1 rings (SSSR count). The molecule has 0 aromatic carbocycles. The summed E-state index contributed by atoms with van der Waals surface area (Å²) in [7, 11) is 2.16. The molecular weight excluding hydrogens is 244 g/mol. The molecule has 0 aromatic heterocycles. The maximum atomic E-state index is 5.63. The molecule has 4 heteroatoms. The van der Waals surface area contributed by atoms with Gasteiger partial charge in [0.15, 0.2) is 0 Å². The van der Waals surface area contributed by atoms with Gasteiger partial charge < -0.3 is 15.4 Å². The van der Waals surface area contributed by atoms with E-state index in [9.17, 15) is 0 Å². The summed E-state index contributed by atoms with van der Waals surface area (Å²) in [5.74, 6) is 1.22. The van der Waals surface area contributed by atoms with Gasteiger partial charge in [-0.05, 0) is 38.8 Å². The lowest BCUT2D eigenvalue weighted by Gasteiger charge is -2.23. The van der Waals surface area contributed by atoms with Crippen molar-refractivity contribution in [3.05, 3.63) is 0 Å². The Morgan fingerprint density at radius 3 is 2.67 bits per heavy atom. The average Bonchev–Trinajstić information content (AvgIpc) is 2.35. The number of hydrogen-bond donors (Lipinski definition) is 1. The summed E-state index contributed by atoms with van der Waals surface area (Å²) >= 11 is 5.00. The third kappa shape index (κ3) is 6.66. The summed E-state index contributed by atoms with van der Waals surface area (Å²) in [5, 5.41) is 0. The molecule has 0 radical (unpaired) electrons. The van der Waals surface area contributed by atoms with Crippen molar-refractivity contribution in [1.29, 1.82) is 0 Å². The van der Waals surface area contributed by atoms with Crippen molar-refractivity contribution in [2.45, 2.75) is 39.0 Å². The fraction of sp³-hybridized carbons (Fsp3) is 0.929. The third-order valence-corrected chi connectivity index (χ3v) is 4.22. The lowest BCUT2D eigenvalue weighted by Crippen LogP contribution is -2.32. The Morgan fingerprint density at radius 2 is 2.06 bits per heavy atom. The molecule has 1 unspecified atom stereocenters. The van der Waals surface area contributed by atoms with Gasteiger partial charge in [-0.3, -0.25) is 0 Å². The predicted octanol–water partition coefficient (Wildman–Crippen LogP) is 2.44. The highest BCUT2D eigenvalue weighted by molar-refractivity contribution is 7.80. The van der Waals surface area contributed by atoms with E-state index in [1.165, 1.54) is 32.1 Å². The summed E-state index contributed by atoms with van der Waals surface area (Å²) in [4.78, 5) is 2.97. The van der Waals surface area contributed by atoms with Crippen LogP contribution in [0.15, 0.2) is 0 Å². The molecule has 2 N–H and O–H groups in total. The Kier molecular flexibility index (Phi) is 7.79. The molecule has 1 heterocycles. The fourth-order valence-corrected chi connectivity index (χ4v) is 2.57. The molecule has 0 bridgehead atoms. The topological polar surface area (TPSA) is 38.5 Å². The van der Waals surface area contributed by atoms with Crippen LogP contribution in [0.5, 0.6) is 0 Å². The van der Waals surface area contributed by atoms with Crippen molar-refractivity contribution in [3.63, 3.8) is 0 Å². The average molecular weight is 272 g/mol. The summed E-state index contributed by atoms with van der Waals surface area (Å²) in [5.41, 5.74) is 5.63. The molecule has 1 atom stereocenters. The van der Waals surface area contributed by atoms with Gasteiger partial charge in [-0.1, -0.05) is 32.0 Å². The number of nitrogens with zero attached hydrogens (tertiary/aromatic N) is 1. The smallest absolute Gasteiger partial charge is 0.0768 e. The molecule has 0 aromatic rings. The normalized spacial score (nSPS) is 19.1. The monoisotopic (exact) mass is 272 g/mol. The van der Waals surface area contributed by atoms with E-state index >= 15 is 0 Å². The van der Waals surface area contributed by atoms with E-state index in [-0.39, 0.29) is 0 Å². The number of thiocarbonyl (C=S) groups is 1. The van der Waals surface area contributed by atoms with Crippen LogP contribution in [0.25, 0.3) is 0 Å². The van der Waals surface area contributed by atoms with Crippen molar-refractivity contribution in [2.75, 3.05) is 33.4 Å². The number of rotatable bonds is 8. The van der Waals surface area contributed by atoms with E-state index in [1.807, 2.05) is 0 Å². The van der Waals surface area contributed by atoms with E-state index in [0.29, 0.717) is 10.9 Å². The van der Waals surface area contributed by atoms with Crippen LogP contribution in [-0.2, 0) is 4.74 Å². The second kappa shape index (κ2) is 8.83. The van der Waals surface area contributed by atoms with Crippen molar-refractivity contribution in [1.82, 2.24) is 4.90 Å². The highest BCUT2D eigenvalue weighted by Crippen LogP contribution is 2.20. The molecule has 18 heavy (non-hydrogen) atoms. The predicted molar refractivity (Wildman–Crippen MR) is 80.8 cm³/mol. The minimum absolute atomic E-state index is 0.320. The van der Waals surface area contributed by atoms with Crippen LogP contribution in [0.3, 0.4) is 0 Å². The van der Waals surface area contributed by atoms with Crippen LogP contribution < -0.4 is 5.73 Å². The van der Waals surface area contributed by atoms with E-state index in [2.05, 4.69) is 18.9 Å². The van der Waals surface area contributed by atoms with Crippen molar-refractivity contribution in [2.24, 2.45) is 17.6 Å². The van der Waals surface area contributed by atoms with Crippen LogP contribution >= 0.6 is 12.2 Å². The first-order valence-corrected chi connectivity index (χ1v) is 7.56. The largest absolute Gasteiger partial charge is 0.393 e. The van der Waals surface area contributed by atoms with E-state index in [1.54, 1.807) is 0 Å². The van der Waals surface area contributed by atoms with Crippen LogP contribution in [0.4, 0.5) is 0 Å². The molecule has 0 spiro atoms. The minimum Gasteiger partial charge on any atom is -0.393 e. The van der Waals surface area contributed by atoms with Gasteiger partial charge in [0.05, 0.1) is 4.99 Å². The Hall–Kier alpha value is -0.190. The molecule has 1 aliphatic rings. The fourth-order valence-electron chi connectivity index (χ4n) is 2.50. The van der Waals surface area contributed by atoms with Crippen LogP contribution in [0, 0.1) is 11.8 Å². The van der Waals surface area contributed by atoms with Crippen LogP contribution in [-0.4, -0.2) is 43.2 Å². The summed E-state index contributed by atoms with van der Waals surface area (Å²) in [6.07, 6.45) is 6.49. The Labute approximate surface area is 117 Å². The maximum Gasteiger partial charge on any atom is 0.0768 e. The summed E-state index contributed by atoms with van der Waals surface area (Å²) < 4.78 is 5.38. The summed E-state index contributed by atoms with van der Waals surface area (Å²) in [6.45, 7) is 6.16. The zero-order valence-electron chi connectivity index (χ0n) is 11.9. The van der Waals surface area contributed by atoms with Crippen LogP contribution in [0.1, 0.15) is 39.0 Å². The number of nitrogens with two attached hydrogens (primary N) is 1. The van der Waals surface area contributed by atoms with Gasteiger partial charge in [0.2, 0.25) is 0 Å². The van der Waals surface area contributed by atoms with Gasteiger partial charge in [0.1, 0.15) is 0 Å². The van der Waals surface area contributed by atoms with Gasteiger partial charge in [-0.25, -0.2) is 0 Å². The third-order valence-electron chi connectivity index (χ3n) is 3.81. The molecule has 0 saturated carbocycles. The van der Waals surface area contributed by atoms with E-state index in [4.69, 9.17) is 22.7 Å². The van der Waals surface area contributed by atoms with Crippen LogP contribution in [0.2, 0.25) is 0 Å². The number of ether oxygens (including phenoxy) is 1. The second-order valence-corrected chi connectivity index (χ2v) is 6.09. The van der Waals surface area contributed by atoms with Gasteiger partial charge in [-0.2, -0.15) is 0 Å². The molecule has 1 aliphatic heterocycles. The first-order chi connectivity index (χ1) is 8.59. The van der Waals surface area contributed by atoms with Gasteiger partial charge in [0.25, 0.3) is 0 Å². The maximum absolute atomic E-state index is 5.63. The molecular formula is C14H28N2OS. The zero-order chi connectivity index (χ0) is 13.4. The zero-order valence-corrected chi connectivity index (χ0v) is 12.7. The molecule has 3 nitrogen and oxygen atoms in total. The molecule has 1 fully saturated rings. The highest BCUT2D eigenvalue weighted by Gasteiger charge is 2.13. The van der Waals surface area contributed by atoms with Gasteiger partial charge in [-0.15, -0.1) is 0 Å².